The number of amides is 1. The molecule has 1 heterocycles. The van der Waals surface area contributed by atoms with Crippen LogP contribution in [0.25, 0.3) is 0 Å². The molecule has 2 rings (SSSR count). The Morgan fingerprint density at radius 2 is 2.14 bits per heavy atom. The van der Waals surface area contributed by atoms with Crippen molar-refractivity contribution in [2.45, 2.75) is 19.3 Å². The Morgan fingerprint density at radius 1 is 1.36 bits per heavy atom. The molecule has 0 aliphatic carbocycles. The predicted octanol–water partition coefficient (Wildman–Crippen LogP) is 2.60. The zero-order valence-corrected chi connectivity index (χ0v) is 8.84. The quantitative estimate of drug-likeness (QED) is 0.603. The highest BCUT2D eigenvalue weighted by atomic mass is 35.5. The van der Waals surface area contributed by atoms with Crippen molar-refractivity contribution in [1.82, 2.24) is 4.90 Å². The minimum absolute atomic E-state index is 0.172. The van der Waals surface area contributed by atoms with Crippen LogP contribution in [0.5, 0.6) is 0 Å². The standard InChI is InChI=1S/C11H12ClNO/c1-13-10-6-3-5-9(12)8(10)4-2-7-11(13)14/h3,5-6H,2,4,7H2,1H3/q+1. The van der Waals surface area contributed by atoms with Crippen LogP contribution < -0.4 is 4.90 Å². The fourth-order valence-electron chi connectivity index (χ4n) is 1.83. The largest absolute Gasteiger partial charge is 0.366 e. The van der Waals surface area contributed by atoms with E-state index in [1.165, 1.54) is 0 Å². The van der Waals surface area contributed by atoms with Gasteiger partial charge >= 0.3 is 5.91 Å². The van der Waals surface area contributed by atoms with E-state index in [-0.39, 0.29) is 5.91 Å². The van der Waals surface area contributed by atoms with E-state index in [2.05, 4.69) is 0 Å². The molecule has 1 radical (unpaired) electrons. The molecule has 0 spiro atoms. The van der Waals surface area contributed by atoms with Crippen LogP contribution >= 0.6 is 11.6 Å². The Morgan fingerprint density at radius 3 is 2.93 bits per heavy atom. The Bertz CT molecular complexity index is 376. The van der Waals surface area contributed by atoms with Crippen molar-refractivity contribution in [1.29, 1.82) is 0 Å². The number of carbonyl (C=O) groups is 1. The lowest BCUT2D eigenvalue weighted by atomic mass is 10.1. The van der Waals surface area contributed by atoms with E-state index in [4.69, 9.17) is 11.6 Å². The van der Waals surface area contributed by atoms with Gasteiger partial charge in [0.1, 0.15) is 7.05 Å². The number of hydrogen-bond acceptors (Lipinski definition) is 1. The summed E-state index contributed by atoms with van der Waals surface area (Å²) in [5, 5.41) is 0.768. The second-order valence-electron chi connectivity index (χ2n) is 3.54. The molecule has 0 saturated carbocycles. The maximum Gasteiger partial charge on any atom is 0.366 e. The zero-order chi connectivity index (χ0) is 10.1. The van der Waals surface area contributed by atoms with Gasteiger partial charge in [-0.3, -0.25) is 0 Å². The van der Waals surface area contributed by atoms with Gasteiger partial charge in [-0.25, -0.2) is 4.79 Å². The van der Waals surface area contributed by atoms with Gasteiger partial charge in [-0.05, 0) is 18.9 Å². The molecule has 1 aromatic carbocycles. The predicted molar refractivity (Wildman–Crippen MR) is 57.1 cm³/mol. The van der Waals surface area contributed by atoms with Crippen molar-refractivity contribution in [2.24, 2.45) is 0 Å². The molecule has 0 saturated heterocycles. The van der Waals surface area contributed by atoms with Gasteiger partial charge < -0.3 is 0 Å². The lowest BCUT2D eigenvalue weighted by Gasteiger charge is -2.05. The molecule has 3 heteroatoms. The number of carbonyl (C=O) groups excluding carboxylic acids is 1. The molecule has 73 valence electrons. The third-order valence-electron chi connectivity index (χ3n) is 2.65. The van der Waals surface area contributed by atoms with Crippen LogP contribution in [-0.2, 0) is 11.2 Å². The SMILES string of the molecule is C[N+]1C(=O)CCCc2c(Cl)cccc21. The molecule has 0 fully saturated rings. The number of nitrogens with zero attached hydrogens (tertiary/aromatic N) is 1. The van der Waals surface area contributed by atoms with Crippen molar-refractivity contribution < 1.29 is 4.79 Å². The smallest absolute Gasteiger partial charge is 0.225 e. The number of benzene rings is 1. The van der Waals surface area contributed by atoms with Crippen molar-refractivity contribution in [3.05, 3.63) is 28.8 Å². The molecule has 1 aromatic rings. The van der Waals surface area contributed by atoms with Crippen LogP contribution in [0, 0.1) is 0 Å². The zero-order valence-electron chi connectivity index (χ0n) is 8.09. The van der Waals surface area contributed by atoms with E-state index >= 15 is 0 Å². The van der Waals surface area contributed by atoms with Crippen molar-refractivity contribution in [2.75, 3.05) is 7.05 Å². The topological polar surface area (TPSA) is 23.0 Å². The second-order valence-corrected chi connectivity index (χ2v) is 3.95. The number of anilines is 1. The lowest BCUT2D eigenvalue weighted by molar-refractivity contribution is -0.123. The van der Waals surface area contributed by atoms with Crippen molar-refractivity contribution >= 4 is 23.2 Å². The summed E-state index contributed by atoms with van der Waals surface area (Å²) in [6.45, 7) is 0. The summed E-state index contributed by atoms with van der Waals surface area (Å²) < 4.78 is 0. The summed E-state index contributed by atoms with van der Waals surface area (Å²) in [7, 11) is 1.81. The van der Waals surface area contributed by atoms with Crippen LogP contribution in [0.1, 0.15) is 18.4 Å². The van der Waals surface area contributed by atoms with Crippen LogP contribution in [-0.4, -0.2) is 13.0 Å². The van der Waals surface area contributed by atoms with Gasteiger partial charge in [0.2, 0.25) is 0 Å². The molecule has 1 amide bonds. The highest BCUT2D eigenvalue weighted by molar-refractivity contribution is 6.31. The van der Waals surface area contributed by atoms with Crippen LogP contribution in [0.15, 0.2) is 18.2 Å². The summed E-state index contributed by atoms with van der Waals surface area (Å²) in [6, 6.07) is 5.71. The molecule has 1 aliphatic rings. The first-order valence-corrected chi connectivity index (χ1v) is 5.12. The first-order chi connectivity index (χ1) is 6.70. The monoisotopic (exact) mass is 209 g/mol. The molecular weight excluding hydrogens is 198 g/mol. The van der Waals surface area contributed by atoms with Gasteiger partial charge in [0.05, 0.1) is 6.42 Å². The van der Waals surface area contributed by atoms with E-state index in [1.54, 1.807) is 4.90 Å². The van der Waals surface area contributed by atoms with Gasteiger partial charge in [0.25, 0.3) is 0 Å². The number of rotatable bonds is 0. The molecule has 0 bridgehead atoms. The van der Waals surface area contributed by atoms with Gasteiger partial charge in [-0.2, -0.15) is 0 Å². The second kappa shape index (κ2) is 3.71. The molecule has 0 atom stereocenters. The molecule has 0 aromatic heterocycles. The molecule has 1 aliphatic heterocycles. The summed E-state index contributed by atoms with van der Waals surface area (Å²) in [5.74, 6) is 0.172. The summed E-state index contributed by atoms with van der Waals surface area (Å²) >= 11 is 6.09. The normalized spacial score (nSPS) is 17.7. The summed E-state index contributed by atoms with van der Waals surface area (Å²) in [6.07, 6.45) is 2.40. The highest BCUT2D eigenvalue weighted by Gasteiger charge is 2.30. The van der Waals surface area contributed by atoms with Crippen LogP contribution in [0.3, 0.4) is 0 Å². The first-order valence-electron chi connectivity index (χ1n) is 4.74. The average molecular weight is 210 g/mol. The van der Waals surface area contributed by atoms with Crippen LogP contribution in [0.2, 0.25) is 5.02 Å². The van der Waals surface area contributed by atoms with Crippen molar-refractivity contribution in [3.8, 4) is 0 Å². The van der Waals surface area contributed by atoms with E-state index < -0.39 is 0 Å². The van der Waals surface area contributed by atoms with E-state index in [0.29, 0.717) is 6.42 Å². The number of halogens is 1. The maximum atomic E-state index is 11.6. The highest BCUT2D eigenvalue weighted by Crippen LogP contribution is 2.30. The number of fused-ring (bicyclic) bond motifs is 1. The Balaban J connectivity index is 2.53. The molecule has 2 nitrogen and oxygen atoms in total. The number of hydrogen-bond donors (Lipinski definition) is 0. The lowest BCUT2D eigenvalue weighted by Crippen LogP contribution is -2.26. The Labute approximate surface area is 88.5 Å². The molecular formula is C11H12ClNO+. The van der Waals surface area contributed by atoms with Gasteiger partial charge in [-0.1, -0.05) is 22.6 Å². The van der Waals surface area contributed by atoms with E-state index in [0.717, 1.165) is 29.1 Å². The fraction of sp³-hybridized carbons (Fsp3) is 0.364. The third-order valence-corrected chi connectivity index (χ3v) is 3.00. The van der Waals surface area contributed by atoms with E-state index in [9.17, 15) is 4.79 Å². The average Bonchev–Trinajstić information content (AvgIpc) is 2.31. The molecule has 0 unspecified atom stereocenters. The first kappa shape index (κ1) is 9.69. The minimum Gasteiger partial charge on any atom is -0.225 e. The fourth-order valence-corrected chi connectivity index (χ4v) is 2.09. The summed E-state index contributed by atoms with van der Waals surface area (Å²) in [4.78, 5) is 13.3. The molecule has 14 heavy (non-hydrogen) atoms. The van der Waals surface area contributed by atoms with Gasteiger partial charge in [0.15, 0.2) is 5.69 Å². The maximum absolute atomic E-state index is 11.6. The van der Waals surface area contributed by atoms with Gasteiger partial charge in [0, 0.05) is 16.7 Å². The third kappa shape index (κ3) is 1.56. The van der Waals surface area contributed by atoms with Crippen molar-refractivity contribution in [3.63, 3.8) is 0 Å². The van der Waals surface area contributed by atoms with E-state index in [1.807, 2.05) is 25.2 Å². The Kier molecular flexibility index (Phi) is 2.57. The van der Waals surface area contributed by atoms with Gasteiger partial charge in [-0.15, -0.1) is 0 Å². The molecule has 0 N–H and O–H groups in total. The minimum atomic E-state index is 0.172. The van der Waals surface area contributed by atoms with Crippen LogP contribution in [0.4, 0.5) is 5.69 Å². The summed E-state index contributed by atoms with van der Waals surface area (Å²) in [5.41, 5.74) is 2.06. The Hall–Kier alpha value is -0.860.